The van der Waals surface area contributed by atoms with Crippen molar-refractivity contribution in [3.8, 4) is 5.75 Å². The lowest BCUT2D eigenvalue weighted by molar-refractivity contribution is -0.117. The monoisotopic (exact) mass is 335 g/mol. The normalized spacial score (nSPS) is 15.2. The number of hydrogen-bond donors (Lipinski definition) is 1. The van der Waals surface area contributed by atoms with Crippen molar-refractivity contribution in [2.45, 2.75) is 44.8 Å². The standard InChI is InChI=1S/C22H25NO2/c24-22(23-20-11-5-2-6-12-20)15-14-18-10-7-13-21(16-18)25-17-19-8-3-1-4-9-19/h1,3-4,7-10,13-16,20H,2,5-6,11-12,17H2,(H,23,24)/b15-14+. The maximum Gasteiger partial charge on any atom is 0.244 e. The molecule has 1 fully saturated rings. The fraction of sp³-hybridized carbons (Fsp3) is 0.318. The van der Waals surface area contributed by atoms with Gasteiger partial charge in [0.15, 0.2) is 0 Å². The fourth-order valence-electron chi connectivity index (χ4n) is 3.12. The van der Waals surface area contributed by atoms with Crippen LogP contribution in [0, 0.1) is 0 Å². The summed E-state index contributed by atoms with van der Waals surface area (Å²) in [7, 11) is 0. The first-order valence-electron chi connectivity index (χ1n) is 9.05. The molecule has 3 nitrogen and oxygen atoms in total. The van der Waals surface area contributed by atoms with Crippen LogP contribution in [0.15, 0.2) is 60.7 Å². The van der Waals surface area contributed by atoms with Crippen LogP contribution in [0.25, 0.3) is 6.08 Å². The summed E-state index contributed by atoms with van der Waals surface area (Å²) < 4.78 is 5.83. The highest BCUT2D eigenvalue weighted by atomic mass is 16.5. The highest BCUT2D eigenvalue weighted by Crippen LogP contribution is 2.18. The molecule has 1 N–H and O–H groups in total. The van der Waals surface area contributed by atoms with E-state index in [0.29, 0.717) is 12.6 Å². The van der Waals surface area contributed by atoms with Crippen molar-refractivity contribution in [2.24, 2.45) is 0 Å². The van der Waals surface area contributed by atoms with Crippen LogP contribution in [0.5, 0.6) is 5.75 Å². The van der Waals surface area contributed by atoms with E-state index in [9.17, 15) is 4.79 Å². The van der Waals surface area contributed by atoms with Crippen LogP contribution in [-0.4, -0.2) is 11.9 Å². The maximum absolute atomic E-state index is 12.1. The number of carbonyl (C=O) groups is 1. The van der Waals surface area contributed by atoms with Crippen LogP contribution in [0.3, 0.4) is 0 Å². The Labute approximate surface area is 149 Å². The Hall–Kier alpha value is -2.55. The van der Waals surface area contributed by atoms with Gasteiger partial charge in [-0.15, -0.1) is 0 Å². The van der Waals surface area contributed by atoms with Crippen molar-refractivity contribution in [3.63, 3.8) is 0 Å². The summed E-state index contributed by atoms with van der Waals surface area (Å²) in [6.45, 7) is 0.538. The Balaban J connectivity index is 1.52. The van der Waals surface area contributed by atoms with E-state index in [1.54, 1.807) is 6.08 Å². The number of ether oxygens (including phenoxy) is 1. The summed E-state index contributed by atoms with van der Waals surface area (Å²) in [4.78, 5) is 12.1. The third kappa shape index (κ3) is 5.79. The van der Waals surface area contributed by atoms with Crippen LogP contribution < -0.4 is 10.1 Å². The van der Waals surface area contributed by atoms with Gasteiger partial charge >= 0.3 is 0 Å². The molecule has 0 bridgehead atoms. The van der Waals surface area contributed by atoms with E-state index < -0.39 is 0 Å². The minimum absolute atomic E-state index is 0.0116. The highest BCUT2D eigenvalue weighted by molar-refractivity contribution is 5.91. The predicted molar refractivity (Wildman–Crippen MR) is 101 cm³/mol. The summed E-state index contributed by atoms with van der Waals surface area (Å²) in [5, 5.41) is 3.09. The van der Waals surface area contributed by atoms with Gasteiger partial charge in [0.05, 0.1) is 0 Å². The summed E-state index contributed by atoms with van der Waals surface area (Å²) in [6.07, 6.45) is 9.38. The molecule has 130 valence electrons. The van der Waals surface area contributed by atoms with Crippen LogP contribution in [-0.2, 0) is 11.4 Å². The average molecular weight is 335 g/mol. The van der Waals surface area contributed by atoms with E-state index in [-0.39, 0.29) is 5.91 Å². The van der Waals surface area contributed by atoms with Gasteiger partial charge in [-0.1, -0.05) is 61.7 Å². The summed E-state index contributed by atoms with van der Waals surface area (Å²) in [5.41, 5.74) is 2.10. The van der Waals surface area contributed by atoms with E-state index in [1.165, 1.54) is 19.3 Å². The molecule has 1 aliphatic rings. The molecule has 0 saturated heterocycles. The molecule has 2 aromatic rings. The second-order valence-corrected chi connectivity index (χ2v) is 6.52. The molecule has 0 unspecified atom stereocenters. The van der Waals surface area contributed by atoms with Crippen molar-refractivity contribution in [3.05, 3.63) is 71.8 Å². The lowest BCUT2D eigenvalue weighted by Crippen LogP contribution is -2.34. The lowest BCUT2D eigenvalue weighted by Gasteiger charge is -2.21. The van der Waals surface area contributed by atoms with E-state index >= 15 is 0 Å². The second-order valence-electron chi connectivity index (χ2n) is 6.52. The minimum Gasteiger partial charge on any atom is -0.489 e. The molecular formula is C22H25NO2. The molecule has 0 heterocycles. The molecule has 0 radical (unpaired) electrons. The van der Waals surface area contributed by atoms with Gasteiger partial charge in [-0.3, -0.25) is 4.79 Å². The number of amides is 1. The average Bonchev–Trinajstić information content (AvgIpc) is 2.67. The van der Waals surface area contributed by atoms with Gasteiger partial charge in [-0.25, -0.2) is 0 Å². The molecular weight excluding hydrogens is 310 g/mol. The van der Waals surface area contributed by atoms with Gasteiger partial charge in [0.25, 0.3) is 0 Å². The maximum atomic E-state index is 12.1. The first-order valence-corrected chi connectivity index (χ1v) is 9.05. The van der Waals surface area contributed by atoms with Gasteiger partial charge in [-0.2, -0.15) is 0 Å². The summed E-state index contributed by atoms with van der Waals surface area (Å²) in [5.74, 6) is 0.793. The Morgan fingerprint density at radius 2 is 1.84 bits per heavy atom. The van der Waals surface area contributed by atoms with Crippen LogP contribution in [0.1, 0.15) is 43.2 Å². The molecule has 0 spiro atoms. The SMILES string of the molecule is O=C(/C=C/c1cccc(OCc2ccccc2)c1)NC1CCCCC1. The van der Waals surface area contributed by atoms with Crippen molar-refractivity contribution in [1.29, 1.82) is 0 Å². The molecule has 1 aliphatic carbocycles. The second kappa shape index (κ2) is 9.07. The molecule has 3 rings (SSSR count). The fourth-order valence-corrected chi connectivity index (χ4v) is 3.12. The zero-order chi connectivity index (χ0) is 17.3. The molecule has 1 saturated carbocycles. The van der Waals surface area contributed by atoms with Gasteiger partial charge in [0.2, 0.25) is 5.91 Å². The van der Waals surface area contributed by atoms with E-state index in [0.717, 1.165) is 29.7 Å². The lowest BCUT2D eigenvalue weighted by atomic mass is 9.95. The third-order valence-corrected chi connectivity index (χ3v) is 4.49. The largest absolute Gasteiger partial charge is 0.489 e. The number of rotatable bonds is 6. The number of benzene rings is 2. The molecule has 1 amide bonds. The zero-order valence-corrected chi connectivity index (χ0v) is 14.5. The van der Waals surface area contributed by atoms with Crippen molar-refractivity contribution >= 4 is 12.0 Å². The number of hydrogen-bond acceptors (Lipinski definition) is 2. The first-order chi connectivity index (χ1) is 12.3. The molecule has 0 aromatic heterocycles. The van der Waals surface area contributed by atoms with E-state index in [1.807, 2.05) is 60.7 Å². The van der Waals surface area contributed by atoms with Gasteiger partial charge < -0.3 is 10.1 Å². The third-order valence-electron chi connectivity index (χ3n) is 4.49. The molecule has 2 aromatic carbocycles. The Morgan fingerprint density at radius 1 is 1.04 bits per heavy atom. The summed E-state index contributed by atoms with van der Waals surface area (Å²) in [6, 6.07) is 18.2. The van der Waals surface area contributed by atoms with Crippen molar-refractivity contribution in [1.82, 2.24) is 5.32 Å². The molecule has 0 atom stereocenters. The predicted octanol–water partition coefficient (Wildman–Crippen LogP) is 4.73. The Bertz CT molecular complexity index is 703. The first kappa shape index (κ1) is 17.3. The number of carbonyl (C=O) groups excluding carboxylic acids is 1. The van der Waals surface area contributed by atoms with Crippen LogP contribution in [0.4, 0.5) is 0 Å². The summed E-state index contributed by atoms with van der Waals surface area (Å²) >= 11 is 0. The molecule has 3 heteroatoms. The smallest absolute Gasteiger partial charge is 0.244 e. The van der Waals surface area contributed by atoms with Crippen molar-refractivity contribution < 1.29 is 9.53 Å². The van der Waals surface area contributed by atoms with Crippen molar-refractivity contribution in [2.75, 3.05) is 0 Å². The van der Waals surface area contributed by atoms with Gasteiger partial charge in [0.1, 0.15) is 12.4 Å². The van der Waals surface area contributed by atoms with Crippen LogP contribution >= 0.6 is 0 Å². The van der Waals surface area contributed by atoms with Gasteiger partial charge in [0, 0.05) is 12.1 Å². The Kier molecular flexibility index (Phi) is 6.27. The highest BCUT2D eigenvalue weighted by Gasteiger charge is 2.14. The van der Waals surface area contributed by atoms with E-state index in [2.05, 4.69) is 5.32 Å². The molecule has 25 heavy (non-hydrogen) atoms. The zero-order valence-electron chi connectivity index (χ0n) is 14.5. The topological polar surface area (TPSA) is 38.3 Å². The minimum atomic E-state index is -0.0116. The quantitative estimate of drug-likeness (QED) is 0.775. The van der Waals surface area contributed by atoms with E-state index in [4.69, 9.17) is 4.74 Å². The van der Waals surface area contributed by atoms with Gasteiger partial charge in [-0.05, 0) is 42.2 Å². The Morgan fingerprint density at radius 3 is 2.64 bits per heavy atom. The van der Waals surface area contributed by atoms with Crippen LogP contribution in [0.2, 0.25) is 0 Å². The molecule has 0 aliphatic heterocycles. The number of nitrogens with one attached hydrogen (secondary N) is 1.